The molecule has 0 bridgehead atoms. The first-order chi connectivity index (χ1) is 5.57. The molecule has 0 aliphatic rings. The predicted octanol–water partition coefficient (Wildman–Crippen LogP) is 1.60. The molecule has 0 atom stereocenters. The van der Waals surface area contributed by atoms with Crippen LogP contribution in [0, 0.1) is 13.8 Å². The summed E-state index contributed by atoms with van der Waals surface area (Å²) in [7, 11) is 1.50. The van der Waals surface area contributed by atoms with Gasteiger partial charge in [-0.1, -0.05) is 0 Å². The number of phenolic OH excluding ortho intramolecular Hbond substituents is 1. The molecule has 3 heteroatoms. The van der Waals surface area contributed by atoms with Gasteiger partial charge in [0.15, 0.2) is 11.5 Å². The molecule has 1 aromatic rings. The van der Waals surface area contributed by atoms with Gasteiger partial charge in [-0.15, -0.1) is 0 Å². The fraction of sp³-hybridized carbons (Fsp3) is 0.333. The van der Waals surface area contributed by atoms with Crippen LogP contribution < -0.4 is 10.5 Å². The summed E-state index contributed by atoms with van der Waals surface area (Å²) < 4.78 is 4.93. The molecular formula is C9H13NO2. The second-order valence-electron chi connectivity index (χ2n) is 2.78. The van der Waals surface area contributed by atoms with E-state index in [4.69, 9.17) is 10.5 Å². The zero-order valence-corrected chi connectivity index (χ0v) is 7.51. The summed E-state index contributed by atoms with van der Waals surface area (Å²) in [6.07, 6.45) is 0. The van der Waals surface area contributed by atoms with Gasteiger partial charge in [-0.3, -0.25) is 0 Å². The van der Waals surface area contributed by atoms with E-state index in [1.165, 1.54) is 7.11 Å². The van der Waals surface area contributed by atoms with E-state index in [1.54, 1.807) is 6.07 Å². The van der Waals surface area contributed by atoms with Gasteiger partial charge in [-0.05, 0) is 31.0 Å². The maximum Gasteiger partial charge on any atom is 0.181 e. The van der Waals surface area contributed by atoms with Crippen LogP contribution in [0.5, 0.6) is 11.5 Å². The van der Waals surface area contributed by atoms with Crippen LogP contribution in [0.1, 0.15) is 11.1 Å². The van der Waals surface area contributed by atoms with Crippen LogP contribution in [0.4, 0.5) is 5.69 Å². The van der Waals surface area contributed by atoms with Gasteiger partial charge in [0.2, 0.25) is 0 Å². The van der Waals surface area contributed by atoms with Crippen molar-refractivity contribution in [2.24, 2.45) is 0 Å². The smallest absolute Gasteiger partial charge is 0.181 e. The van der Waals surface area contributed by atoms with Crippen LogP contribution in [-0.4, -0.2) is 12.2 Å². The Kier molecular flexibility index (Phi) is 2.13. The molecule has 0 spiro atoms. The fourth-order valence-electron chi connectivity index (χ4n) is 1.05. The monoisotopic (exact) mass is 167 g/mol. The van der Waals surface area contributed by atoms with Crippen LogP contribution in [0.15, 0.2) is 6.07 Å². The van der Waals surface area contributed by atoms with E-state index >= 15 is 0 Å². The quantitative estimate of drug-likeness (QED) is 0.493. The molecule has 0 aliphatic heterocycles. The van der Waals surface area contributed by atoms with Crippen LogP contribution in [0.3, 0.4) is 0 Å². The van der Waals surface area contributed by atoms with Crippen molar-refractivity contribution in [3.8, 4) is 11.5 Å². The number of hydrogen-bond acceptors (Lipinski definition) is 3. The van der Waals surface area contributed by atoms with Crippen LogP contribution >= 0.6 is 0 Å². The molecule has 0 heterocycles. The number of phenols is 1. The van der Waals surface area contributed by atoms with E-state index in [9.17, 15) is 5.11 Å². The molecule has 0 saturated carbocycles. The van der Waals surface area contributed by atoms with E-state index in [1.807, 2.05) is 13.8 Å². The molecule has 0 aliphatic carbocycles. The molecule has 66 valence electrons. The predicted molar refractivity (Wildman–Crippen MR) is 48.5 cm³/mol. The Morgan fingerprint density at radius 2 is 2.00 bits per heavy atom. The Balaban J connectivity index is 3.39. The molecule has 0 fully saturated rings. The van der Waals surface area contributed by atoms with Crippen LogP contribution in [0.25, 0.3) is 0 Å². The normalized spacial score (nSPS) is 9.92. The zero-order chi connectivity index (χ0) is 9.30. The summed E-state index contributed by atoms with van der Waals surface area (Å²) in [5.74, 6) is 0.455. The van der Waals surface area contributed by atoms with Crippen LogP contribution in [0.2, 0.25) is 0 Å². The van der Waals surface area contributed by atoms with E-state index in [0.717, 1.165) is 11.1 Å². The van der Waals surface area contributed by atoms with Crippen molar-refractivity contribution in [3.63, 3.8) is 0 Å². The minimum atomic E-state index is 0.0283. The lowest BCUT2D eigenvalue weighted by Crippen LogP contribution is -1.95. The molecule has 1 aromatic carbocycles. The summed E-state index contributed by atoms with van der Waals surface area (Å²) >= 11 is 0. The van der Waals surface area contributed by atoms with Crippen molar-refractivity contribution < 1.29 is 9.84 Å². The van der Waals surface area contributed by atoms with Crippen LogP contribution in [-0.2, 0) is 0 Å². The first kappa shape index (κ1) is 8.71. The molecule has 0 unspecified atom stereocenters. The van der Waals surface area contributed by atoms with E-state index < -0.39 is 0 Å². The number of anilines is 1. The summed E-state index contributed by atoms with van der Waals surface area (Å²) in [5, 5.41) is 9.45. The number of benzene rings is 1. The molecule has 1 rings (SSSR count). The minimum absolute atomic E-state index is 0.0283. The van der Waals surface area contributed by atoms with Crippen molar-refractivity contribution in [1.29, 1.82) is 0 Å². The van der Waals surface area contributed by atoms with Gasteiger partial charge in [0.05, 0.1) is 12.8 Å². The maximum atomic E-state index is 9.45. The number of aryl methyl sites for hydroxylation is 1. The number of hydrogen-bond donors (Lipinski definition) is 2. The molecule has 0 saturated heterocycles. The molecule has 0 amide bonds. The number of rotatable bonds is 1. The first-order valence-electron chi connectivity index (χ1n) is 3.70. The third-order valence-corrected chi connectivity index (χ3v) is 2.05. The largest absolute Gasteiger partial charge is 0.503 e. The Morgan fingerprint density at radius 1 is 1.42 bits per heavy atom. The van der Waals surface area contributed by atoms with E-state index in [0.29, 0.717) is 11.4 Å². The third-order valence-electron chi connectivity index (χ3n) is 2.05. The number of nitrogens with two attached hydrogens (primary N) is 1. The number of aromatic hydroxyl groups is 1. The summed E-state index contributed by atoms with van der Waals surface area (Å²) in [6, 6.07) is 1.76. The van der Waals surface area contributed by atoms with Gasteiger partial charge >= 0.3 is 0 Å². The van der Waals surface area contributed by atoms with Gasteiger partial charge < -0.3 is 15.6 Å². The third kappa shape index (κ3) is 1.18. The van der Waals surface area contributed by atoms with Gasteiger partial charge in [-0.2, -0.15) is 0 Å². The topological polar surface area (TPSA) is 55.5 Å². The van der Waals surface area contributed by atoms with Crippen molar-refractivity contribution in [3.05, 3.63) is 17.2 Å². The van der Waals surface area contributed by atoms with Crippen molar-refractivity contribution in [1.82, 2.24) is 0 Å². The molecule has 3 nitrogen and oxygen atoms in total. The molecule has 3 N–H and O–H groups in total. The average molecular weight is 167 g/mol. The zero-order valence-electron chi connectivity index (χ0n) is 7.51. The fourth-order valence-corrected chi connectivity index (χ4v) is 1.05. The Morgan fingerprint density at radius 3 is 2.50 bits per heavy atom. The molecule has 0 radical (unpaired) electrons. The summed E-state index contributed by atoms with van der Waals surface area (Å²) in [5.41, 5.74) is 7.94. The second kappa shape index (κ2) is 2.93. The Hall–Kier alpha value is -1.38. The summed E-state index contributed by atoms with van der Waals surface area (Å²) in [4.78, 5) is 0. The van der Waals surface area contributed by atoms with Gasteiger partial charge in [0.1, 0.15) is 0 Å². The number of nitrogen functional groups attached to an aromatic ring is 1. The number of ether oxygens (including phenoxy) is 1. The molecule has 12 heavy (non-hydrogen) atoms. The second-order valence-corrected chi connectivity index (χ2v) is 2.78. The minimum Gasteiger partial charge on any atom is -0.503 e. The lowest BCUT2D eigenvalue weighted by Gasteiger charge is -2.10. The van der Waals surface area contributed by atoms with Gasteiger partial charge in [-0.25, -0.2) is 0 Å². The standard InChI is InChI=1S/C9H13NO2/c1-5-4-7(12-3)9(11)8(10)6(5)2/h4,11H,10H2,1-3H3. The highest BCUT2D eigenvalue weighted by Crippen LogP contribution is 2.36. The van der Waals surface area contributed by atoms with Crippen molar-refractivity contribution in [2.45, 2.75) is 13.8 Å². The summed E-state index contributed by atoms with van der Waals surface area (Å²) in [6.45, 7) is 3.79. The highest BCUT2D eigenvalue weighted by Gasteiger charge is 2.09. The lowest BCUT2D eigenvalue weighted by molar-refractivity contribution is 0.374. The maximum absolute atomic E-state index is 9.45. The first-order valence-corrected chi connectivity index (χ1v) is 3.70. The Bertz CT molecular complexity index is 308. The SMILES string of the molecule is COc1cc(C)c(C)c(N)c1O. The molecule has 0 aromatic heterocycles. The molecular weight excluding hydrogens is 154 g/mol. The van der Waals surface area contributed by atoms with Crippen molar-refractivity contribution in [2.75, 3.05) is 12.8 Å². The number of methoxy groups -OCH3 is 1. The highest BCUT2D eigenvalue weighted by molar-refractivity contribution is 5.66. The average Bonchev–Trinajstić information content (AvgIpc) is 2.08. The lowest BCUT2D eigenvalue weighted by atomic mass is 10.1. The van der Waals surface area contributed by atoms with Crippen molar-refractivity contribution >= 4 is 5.69 Å². The van der Waals surface area contributed by atoms with Gasteiger partial charge in [0, 0.05) is 0 Å². The highest BCUT2D eigenvalue weighted by atomic mass is 16.5. The van der Waals surface area contributed by atoms with E-state index in [-0.39, 0.29) is 5.75 Å². The van der Waals surface area contributed by atoms with E-state index in [2.05, 4.69) is 0 Å². The Labute approximate surface area is 71.8 Å². The van der Waals surface area contributed by atoms with Gasteiger partial charge in [0.25, 0.3) is 0 Å².